The van der Waals surface area contributed by atoms with Gasteiger partial charge in [0, 0.05) is 0 Å². The maximum atomic E-state index is 13.0. The van der Waals surface area contributed by atoms with E-state index in [-0.39, 0.29) is 33.3 Å². The highest BCUT2D eigenvalue weighted by Crippen LogP contribution is 2.34. The topological polar surface area (TPSA) is 116 Å². The first-order valence-corrected chi connectivity index (χ1v) is 8.79. The minimum atomic E-state index is -4.68. The van der Waals surface area contributed by atoms with Crippen LogP contribution in [0.4, 0.5) is 18.2 Å². The van der Waals surface area contributed by atoms with Crippen molar-refractivity contribution < 1.29 is 32.3 Å². The fourth-order valence-electron chi connectivity index (χ4n) is 2.48. The molecular weight excluding hydrogens is 401 g/mol. The number of esters is 1. The molecule has 0 aliphatic rings. The number of hydrogen-bond acceptors (Lipinski definition) is 6. The highest BCUT2D eigenvalue weighted by Gasteiger charge is 2.36. The number of ether oxygens (including phenoxy) is 1. The Morgan fingerprint density at radius 2 is 1.96 bits per heavy atom. The van der Waals surface area contributed by atoms with Gasteiger partial charge in [0.05, 0.1) is 22.7 Å². The molecule has 3 N–H and O–H groups in total. The van der Waals surface area contributed by atoms with Gasteiger partial charge in [-0.2, -0.15) is 18.3 Å². The van der Waals surface area contributed by atoms with Crippen LogP contribution in [0.3, 0.4) is 0 Å². The Kier molecular flexibility index (Phi) is 6.12. The summed E-state index contributed by atoms with van der Waals surface area (Å²) in [5.74, 6) is -2.46. The van der Waals surface area contributed by atoms with E-state index in [2.05, 4.69) is 10.4 Å². The van der Waals surface area contributed by atoms with E-state index < -0.39 is 36.2 Å². The third-order valence-corrected chi connectivity index (χ3v) is 4.81. The minimum Gasteiger partial charge on any atom is -0.462 e. The van der Waals surface area contributed by atoms with Crippen LogP contribution in [-0.2, 0) is 22.3 Å². The SMILES string of the molecule is CCOC(=O)c1c(NC(=O)Cn2nc(C)cc2C(F)(F)F)sc(C(N)=O)c1C. The molecule has 12 heteroatoms. The van der Waals surface area contributed by atoms with Crippen molar-refractivity contribution in [3.8, 4) is 0 Å². The van der Waals surface area contributed by atoms with Crippen LogP contribution in [0.1, 0.15) is 43.9 Å². The van der Waals surface area contributed by atoms with Gasteiger partial charge in [0.15, 0.2) is 0 Å². The fraction of sp³-hybridized carbons (Fsp3) is 0.375. The van der Waals surface area contributed by atoms with Crippen LogP contribution in [-0.4, -0.2) is 34.2 Å². The molecule has 0 spiro atoms. The molecule has 0 aliphatic heterocycles. The molecule has 28 heavy (non-hydrogen) atoms. The number of hydrogen-bond donors (Lipinski definition) is 2. The molecule has 0 aromatic carbocycles. The lowest BCUT2D eigenvalue weighted by atomic mass is 10.1. The normalized spacial score (nSPS) is 11.4. The van der Waals surface area contributed by atoms with Crippen LogP contribution < -0.4 is 11.1 Å². The van der Waals surface area contributed by atoms with Gasteiger partial charge in [0.2, 0.25) is 5.91 Å². The molecule has 8 nitrogen and oxygen atoms in total. The molecule has 0 saturated carbocycles. The molecule has 2 amide bonds. The molecule has 0 aliphatic carbocycles. The molecule has 2 aromatic rings. The van der Waals surface area contributed by atoms with Crippen molar-refractivity contribution in [1.82, 2.24) is 9.78 Å². The molecule has 2 rings (SSSR count). The quantitative estimate of drug-likeness (QED) is 0.699. The number of alkyl halides is 3. The third kappa shape index (κ3) is 4.50. The number of aryl methyl sites for hydroxylation is 1. The molecule has 152 valence electrons. The average molecular weight is 418 g/mol. The summed E-state index contributed by atoms with van der Waals surface area (Å²) >= 11 is 0.743. The molecule has 0 bridgehead atoms. The van der Waals surface area contributed by atoms with Gasteiger partial charge in [0.1, 0.15) is 17.2 Å². The summed E-state index contributed by atoms with van der Waals surface area (Å²) in [5, 5.41) is 5.98. The third-order valence-electron chi connectivity index (χ3n) is 3.59. The van der Waals surface area contributed by atoms with Gasteiger partial charge in [-0.15, -0.1) is 11.3 Å². The number of thiophene rings is 1. The van der Waals surface area contributed by atoms with E-state index in [0.717, 1.165) is 17.4 Å². The van der Waals surface area contributed by atoms with Crippen LogP contribution in [0.5, 0.6) is 0 Å². The van der Waals surface area contributed by atoms with E-state index in [1.807, 2.05) is 0 Å². The number of primary amides is 1. The Balaban J connectivity index is 2.33. The van der Waals surface area contributed by atoms with Crippen molar-refractivity contribution >= 4 is 34.1 Å². The van der Waals surface area contributed by atoms with Crippen molar-refractivity contribution in [2.75, 3.05) is 11.9 Å². The summed E-state index contributed by atoms with van der Waals surface area (Å²) in [6.07, 6.45) is -4.68. The number of nitrogens with zero attached hydrogens (tertiary/aromatic N) is 2. The van der Waals surface area contributed by atoms with Crippen molar-refractivity contribution in [1.29, 1.82) is 0 Å². The zero-order valence-electron chi connectivity index (χ0n) is 15.1. The van der Waals surface area contributed by atoms with Crippen molar-refractivity contribution in [2.24, 2.45) is 5.73 Å². The lowest BCUT2D eigenvalue weighted by molar-refractivity contribution is -0.144. The number of amides is 2. The van der Waals surface area contributed by atoms with Crippen molar-refractivity contribution in [3.05, 3.63) is 33.5 Å². The van der Waals surface area contributed by atoms with Gasteiger partial charge >= 0.3 is 12.1 Å². The monoisotopic (exact) mass is 418 g/mol. The van der Waals surface area contributed by atoms with Gasteiger partial charge in [0.25, 0.3) is 5.91 Å². The number of halogens is 3. The predicted octanol–water partition coefficient (Wildman–Crippen LogP) is 2.49. The number of carbonyl (C=O) groups excluding carboxylic acids is 3. The van der Waals surface area contributed by atoms with Gasteiger partial charge < -0.3 is 15.8 Å². The van der Waals surface area contributed by atoms with E-state index >= 15 is 0 Å². The van der Waals surface area contributed by atoms with Crippen LogP contribution in [0.15, 0.2) is 6.07 Å². The Morgan fingerprint density at radius 1 is 1.32 bits per heavy atom. The smallest absolute Gasteiger partial charge is 0.433 e. The predicted molar refractivity (Wildman–Crippen MR) is 94.1 cm³/mol. The number of rotatable bonds is 6. The molecule has 2 aromatic heterocycles. The number of nitrogens with two attached hydrogens (primary N) is 1. The number of nitrogens with one attached hydrogen (secondary N) is 1. The van der Waals surface area contributed by atoms with Gasteiger partial charge in [-0.1, -0.05) is 0 Å². The number of anilines is 1. The maximum Gasteiger partial charge on any atom is 0.433 e. The Morgan fingerprint density at radius 3 is 2.50 bits per heavy atom. The first-order chi connectivity index (χ1) is 13.0. The fourth-order valence-corrected chi connectivity index (χ4v) is 3.55. The average Bonchev–Trinajstić information content (AvgIpc) is 3.07. The summed E-state index contributed by atoms with van der Waals surface area (Å²) in [5.41, 5.74) is 4.43. The molecular formula is C16H17F3N4O4S. The lowest BCUT2D eigenvalue weighted by Crippen LogP contribution is -2.24. The first-order valence-electron chi connectivity index (χ1n) is 7.97. The van der Waals surface area contributed by atoms with Crippen LogP contribution in [0, 0.1) is 13.8 Å². The van der Waals surface area contributed by atoms with E-state index in [1.165, 1.54) is 13.8 Å². The summed E-state index contributed by atoms with van der Waals surface area (Å²) in [7, 11) is 0. The summed E-state index contributed by atoms with van der Waals surface area (Å²) in [6, 6.07) is 0.817. The van der Waals surface area contributed by atoms with E-state index in [1.54, 1.807) is 6.92 Å². The highest BCUT2D eigenvalue weighted by molar-refractivity contribution is 7.18. The molecule has 0 radical (unpaired) electrons. The van der Waals surface area contributed by atoms with Crippen LogP contribution in [0.25, 0.3) is 0 Å². The van der Waals surface area contributed by atoms with Crippen LogP contribution in [0.2, 0.25) is 0 Å². The summed E-state index contributed by atoms with van der Waals surface area (Å²) < 4.78 is 44.5. The lowest BCUT2D eigenvalue weighted by Gasteiger charge is -2.11. The van der Waals surface area contributed by atoms with E-state index in [0.29, 0.717) is 4.68 Å². The molecule has 0 unspecified atom stereocenters. The zero-order chi connectivity index (χ0) is 21.2. The van der Waals surface area contributed by atoms with Crippen molar-refractivity contribution in [2.45, 2.75) is 33.5 Å². The molecule has 2 heterocycles. The molecule has 0 atom stereocenters. The molecule has 0 saturated heterocycles. The van der Waals surface area contributed by atoms with Gasteiger partial charge in [-0.3, -0.25) is 14.3 Å². The largest absolute Gasteiger partial charge is 0.462 e. The maximum absolute atomic E-state index is 13.0. The first kappa shape index (κ1) is 21.4. The van der Waals surface area contributed by atoms with Crippen molar-refractivity contribution in [3.63, 3.8) is 0 Å². The standard InChI is InChI=1S/C16H17F3N4O4S/c1-4-27-15(26)11-8(3)12(13(20)25)28-14(11)21-10(24)6-23-9(16(17,18)19)5-7(2)22-23/h5H,4,6H2,1-3H3,(H2,20,25)(H,21,24). The second kappa shape index (κ2) is 8.00. The van der Waals surface area contributed by atoms with Gasteiger partial charge in [-0.25, -0.2) is 4.79 Å². The Hall–Kier alpha value is -2.89. The number of aromatic nitrogens is 2. The van der Waals surface area contributed by atoms with E-state index in [9.17, 15) is 27.6 Å². The Bertz CT molecular complexity index is 933. The van der Waals surface area contributed by atoms with Crippen LogP contribution >= 0.6 is 11.3 Å². The summed E-state index contributed by atoms with van der Waals surface area (Å²) in [6.45, 7) is 3.70. The molecule has 0 fully saturated rings. The zero-order valence-corrected chi connectivity index (χ0v) is 16.0. The number of carbonyl (C=O) groups is 3. The summed E-state index contributed by atoms with van der Waals surface area (Å²) in [4.78, 5) is 36.0. The van der Waals surface area contributed by atoms with E-state index in [4.69, 9.17) is 10.5 Å². The Labute approximate surface area is 161 Å². The second-order valence-electron chi connectivity index (χ2n) is 5.72. The van der Waals surface area contributed by atoms with Gasteiger partial charge in [-0.05, 0) is 32.4 Å². The highest BCUT2D eigenvalue weighted by atomic mass is 32.1. The minimum absolute atomic E-state index is 0.0317. The second-order valence-corrected chi connectivity index (χ2v) is 6.74.